The summed E-state index contributed by atoms with van der Waals surface area (Å²) in [5, 5.41) is 6.75. The molecule has 0 bridgehead atoms. The number of rotatable bonds is 5. The minimum absolute atomic E-state index is 0.135. The Balaban J connectivity index is 1.54. The van der Waals surface area contributed by atoms with Crippen molar-refractivity contribution in [3.63, 3.8) is 0 Å². The summed E-state index contributed by atoms with van der Waals surface area (Å²) in [7, 11) is 0. The van der Waals surface area contributed by atoms with Gasteiger partial charge in [-0.1, -0.05) is 5.16 Å². The number of carbonyl (C=O) groups excluding carboxylic acids is 1. The van der Waals surface area contributed by atoms with E-state index < -0.39 is 0 Å². The number of hydrogen-bond acceptors (Lipinski definition) is 5. The molecule has 19 heavy (non-hydrogen) atoms. The van der Waals surface area contributed by atoms with Crippen LogP contribution < -0.4 is 5.32 Å². The van der Waals surface area contributed by atoms with Crippen molar-refractivity contribution < 1.29 is 9.32 Å². The number of pyridine rings is 1. The molecule has 2 aromatic rings. The first-order chi connectivity index (χ1) is 9.33. The van der Waals surface area contributed by atoms with E-state index in [-0.39, 0.29) is 11.8 Å². The Hall–Kier alpha value is -2.24. The molecule has 0 radical (unpaired) electrons. The van der Waals surface area contributed by atoms with Crippen LogP contribution in [0.2, 0.25) is 0 Å². The van der Waals surface area contributed by atoms with Crippen LogP contribution in [0.25, 0.3) is 11.5 Å². The summed E-state index contributed by atoms with van der Waals surface area (Å²) in [6.07, 6.45) is 5.96. The van der Waals surface area contributed by atoms with Crippen molar-refractivity contribution in [2.24, 2.45) is 5.92 Å². The van der Waals surface area contributed by atoms with E-state index in [1.165, 1.54) is 0 Å². The number of nitrogens with zero attached hydrogens (tertiary/aromatic N) is 3. The molecule has 3 rings (SSSR count). The van der Waals surface area contributed by atoms with Gasteiger partial charge >= 0.3 is 0 Å². The second-order valence-corrected chi connectivity index (χ2v) is 4.57. The molecular weight excluding hydrogens is 244 g/mol. The zero-order valence-corrected chi connectivity index (χ0v) is 10.4. The predicted octanol–water partition coefficient (Wildman–Crippen LogP) is 1.20. The van der Waals surface area contributed by atoms with Gasteiger partial charge in [0.1, 0.15) is 0 Å². The fourth-order valence-electron chi connectivity index (χ4n) is 1.75. The molecule has 0 saturated heterocycles. The van der Waals surface area contributed by atoms with E-state index in [4.69, 9.17) is 4.52 Å². The van der Waals surface area contributed by atoms with Gasteiger partial charge in [-0.25, -0.2) is 0 Å². The average molecular weight is 258 g/mol. The molecular formula is C13H14N4O2. The van der Waals surface area contributed by atoms with Crippen LogP contribution in [-0.4, -0.2) is 27.6 Å². The third-order valence-electron chi connectivity index (χ3n) is 2.97. The molecule has 2 heterocycles. The predicted molar refractivity (Wildman–Crippen MR) is 67.0 cm³/mol. The molecule has 6 heteroatoms. The minimum Gasteiger partial charge on any atom is -0.355 e. The van der Waals surface area contributed by atoms with Crippen LogP contribution in [0.5, 0.6) is 0 Å². The van der Waals surface area contributed by atoms with Crippen LogP contribution in [-0.2, 0) is 11.2 Å². The summed E-state index contributed by atoms with van der Waals surface area (Å²) in [6.45, 7) is 0.543. The van der Waals surface area contributed by atoms with Crippen molar-refractivity contribution in [2.75, 3.05) is 6.54 Å². The maximum atomic E-state index is 11.4. The first-order valence-corrected chi connectivity index (χ1v) is 6.33. The van der Waals surface area contributed by atoms with Gasteiger partial charge < -0.3 is 9.84 Å². The van der Waals surface area contributed by atoms with Gasteiger partial charge in [-0.15, -0.1) is 0 Å². The highest BCUT2D eigenvalue weighted by Gasteiger charge is 2.29. The summed E-state index contributed by atoms with van der Waals surface area (Å²) in [6, 6.07) is 3.67. The molecule has 0 atom stereocenters. The topological polar surface area (TPSA) is 80.9 Å². The lowest BCUT2D eigenvalue weighted by Gasteiger charge is -2.00. The van der Waals surface area contributed by atoms with Gasteiger partial charge in [0.25, 0.3) is 5.89 Å². The van der Waals surface area contributed by atoms with Crippen molar-refractivity contribution in [1.29, 1.82) is 0 Å². The van der Waals surface area contributed by atoms with E-state index in [0.29, 0.717) is 24.7 Å². The van der Waals surface area contributed by atoms with Gasteiger partial charge in [-0.3, -0.25) is 9.78 Å². The molecule has 6 nitrogen and oxygen atoms in total. The molecule has 1 N–H and O–H groups in total. The van der Waals surface area contributed by atoms with E-state index in [1.54, 1.807) is 12.4 Å². The summed E-state index contributed by atoms with van der Waals surface area (Å²) in [5.74, 6) is 1.42. The van der Waals surface area contributed by atoms with Gasteiger partial charge in [-0.05, 0) is 25.0 Å². The molecule has 1 aliphatic rings. The van der Waals surface area contributed by atoms with Crippen molar-refractivity contribution in [3.8, 4) is 11.5 Å². The Morgan fingerprint density at radius 1 is 1.47 bits per heavy atom. The number of carbonyl (C=O) groups is 1. The standard InChI is InChI=1S/C13H14N4O2/c18-12(9-3-4-9)15-7-5-11-16-13(19-17-11)10-2-1-6-14-8-10/h1-2,6,8-9H,3-5,7H2,(H,15,18). The van der Waals surface area contributed by atoms with Crippen molar-refractivity contribution >= 4 is 5.91 Å². The number of aromatic nitrogens is 3. The summed E-state index contributed by atoms with van der Waals surface area (Å²) in [4.78, 5) is 19.7. The Bertz CT molecular complexity index is 563. The van der Waals surface area contributed by atoms with E-state index in [9.17, 15) is 4.79 Å². The smallest absolute Gasteiger partial charge is 0.259 e. The van der Waals surface area contributed by atoms with E-state index >= 15 is 0 Å². The van der Waals surface area contributed by atoms with Crippen LogP contribution in [0.15, 0.2) is 29.0 Å². The van der Waals surface area contributed by atoms with Gasteiger partial charge in [0.2, 0.25) is 5.91 Å². The Kier molecular flexibility index (Phi) is 3.22. The fraction of sp³-hybridized carbons (Fsp3) is 0.385. The van der Waals surface area contributed by atoms with Gasteiger partial charge in [0.05, 0.1) is 5.56 Å². The van der Waals surface area contributed by atoms with Gasteiger partial charge in [-0.2, -0.15) is 4.98 Å². The van der Waals surface area contributed by atoms with E-state index in [2.05, 4.69) is 20.4 Å². The SMILES string of the molecule is O=C(NCCc1noc(-c2cccnc2)n1)C1CC1. The maximum Gasteiger partial charge on any atom is 0.259 e. The van der Waals surface area contributed by atoms with Crippen molar-refractivity contribution in [3.05, 3.63) is 30.4 Å². The minimum atomic E-state index is 0.135. The van der Waals surface area contributed by atoms with Crippen LogP contribution >= 0.6 is 0 Å². The van der Waals surface area contributed by atoms with Crippen LogP contribution in [0, 0.1) is 5.92 Å². The lowest BCUT2D eigenvalue weighted by atomic mass is 10.3. The van der Waals surface area contributed by atoms with Crippen LogP contribution in [0.3, 0.4) is 0 Å². The second kappa shape index (κ2) is 5.17. The summed E-state index contributed by atoms with van der Waals surface area (Å²) >= 11 is 0. The third kappa shape index (κ3) is 2.96. The fourth-order valence-corrected chi connectivity index (χ4v) is 1.75. The number of amides is 1. The lowest BCUT2D eigenvalue weighted by molar-refractivity contribution is -0.122. The molecule has 1 saturated carbocycles. The molecule has 1 amide bonds. The van der Waals surface area contributed by atoms with Crippen molar-refractivity contribution in [1.82, 2.24) is 20.4 Å². The molecule has 1 aliphatic carbocycles. The van der Waals surface area contributed by atoms with Gasteiger partial charge in [0, 0.05) is 31.3 Å². The zero-order valence-electron chi connectivity index (χ0n) is 10.4. The highest BCUT2D eigenvalue weighted by atomic mass is 16.5. The lowest BCUT2D eigenvalue weighted by Crippen LogP contribution is -2.27. The molecule has 98 valence electrons. The normalized spacial score (nSPS) is 14.3. The quantitative estimate of drug-likeness (QED) is 0.871. The van der Waals surface area contributed by atoms with E-state index in [1.807, 2.05) is 12.1 Å². The molecule has 0 aliphatic heterocycles. The number of hydrogen-bond donors (Lipinski definition) is 1. The summed E-state index contributed by atoms with van der Waals surface area (Å²) < 4.78 is 5.15. The zero-order chi connectivity index (χ0) is 13.1. The highest BCUT2D eigenvalue weighted by Crippen LogP contribution is 2.28. The van der Waals surface area contributed by atoms with E-state index in [0.717, 1.165) is 18.4 Å². The second-order valence-electron chi connectivity index (χ2n) is 4.57. The largest absolute Gasteiger partial charge is 0.355 e. The van der Waals surface area contributed by atoms with Crippen LogP contribution in [0.4, 0.5) is 0 Å². The summed E-state index contributed by atoms with van der Waals surface area (Å²) in [5.41, 5.74) is 0.795. The molecule has 0 aromatic carbocycles. The molecule has 1 fully saturated rings. The molecule has 2 aromatic heterocycles. The van der Waals surface area contributed by atoms with Crippen LogP contribution in [0.1, 0.15) is 18.7 Å². The van der Waals surface area contributed by atoms with Crippen molar-refractivity contribution in [2.45, 2.75) is 19.3 Å². The first kappa shape index (κ1) is 11.8. The Morgan fingerprint density at radius 3 is 3.11 bits per heavy atom. The number of nitrogens with one attached hydrogen (secondary N) is 1. The Labute approximate surface area is 110 Å². The highest BCUT2D eigenvalue weighted by molar-refractivity contribution is 5.80. The molecule has 0 spiro atoms. The third-order valence-corrected chi connectivity index (χ3v) is 2.97. The maximum absolute atomic E-state index is 11.4. The first-order valence-electron chi connectivity index (χ1n) is 6.33. The van der Waals surface area contributed by atoms with Gasteiger partial charge in [0.15, 0.2) is 5.82 Å². The Morgan fingerprint density at radius 2 is 2.37 bits per heavy atom. The monoisotopic (exact) mass is 258 g/mol. The average Bonchev–Trinajstić information content (AvgIpc) is 3.20. The molecule has 0 unspecified atom stereocenters.